The van der Waals surface area contributed by atoms with E-state index < -0.39 is 0 Å². The van der Waals surface area contributed by atoms with Gasteiger partial charge in [-0.2, -0.15) is 0 Å². The first-order valence-corrected chi connectivity index (χ1v) is 8.26. The molecule has 1 N–H and O–H groups in total. The van der Waals surface area contributed by atoms with Gasteiger partial charge in [0.05, 0.1) is 24.8 Å². The van der Waals surface area contributed by atoms with Crippen LogP contribution < -0.4 is 14.8 Å². The van der Waals surface area contributed by atoms with Crippen molar-refractivity contribution in [3.63, 3.8) is 0 Å². The smallest absolute Gasteiger partial charge is 0.263 e. The molecule has 0 spiro atoms. The van der Waals surface area contributed by atoms with Gasteiger partial charge >= 0.3 is 0 Å². The van der Waals surface area contributed by atoms with Gasteiger partial charge in [0.1, 0.15) is 4.32 Å². The maximum Gasteiger partial charge on any atom is 0.263 e. The average molecular weight is 358 g/mol. The lowest BCUT2D eigenvalue weighted by atomic mass is 10.1. The van der Waals surface area contributed by atoms with Crippen molar-refractivity contribution in [2.24, 2.45) is 0 Å². The van der Waals surface area contributed by atoms with Gasteiger partial charge in [-0.15, -0.1) is 0 Å². The second-order valence-corrected chi connectivity index (χ2v) is 6.62. The Kier molecular flexibility index (Phi) is 4.82. The molecule has 0 saturated carbocycles. The van der Waals surface area contributed by atoms with Gasteiger partial charge in [-0.05, 0) is 35.9 Å². The van der Waals surface area contributed by atoms with Gasteiger partial charge in [0.2, 0.25) is 0 Å². The SMILES string of the molecule is COc1ccc(-c2ccc(/C=C3\SC(=S)NC3=O)cn2)cc1OC. The van der Waals surface area contributed by atoms with Crippen LogP contribution in [0, 0.1) is 0 Å². The van der Waals surface area contributed by atoms with Crippen molar-refractivity contribution in [1.29, 1.82) is 0 Å². The molecule has 1 aliphatic heterocycles. The molecule has 2 heterocycles. The number of hydrogen-bond donors (Lipinski definition) is 1. The van der Waals surface area contributed by atoms with Gasteiger partial charge in [-0.1, -0.05) is 30.0 Å². The number of amides is 1. The molecule has 122 valence electrons. The highest BCUT2D eigenvalue weighted by Gasteiger charge is 2.21. The number of nitrogens with zero attached hydrogens (tertiary/aromatic N) is 1. The number of aromatic nitrogens is 1. The molecule has 3 rings (SSSR count). The molecule has 1 amide bonds. The molecule has 0 atom stereocenters. The zero-order valence-electron chi connectivity index (χ0n) is 13.0. The van der Waals surface area contributed by atoms with Gasteiger partial charge in [0.15, 0.2) is 11.5 Å². The Morgan fingerprint density at radius 2 is 1.96 bits per heavy atom. The van der Waals surface area contributed by atoms with Gasteiger partial charge in [0, 0.05) is 11.8 Å². The first kappa shape index (κ1) is 16.5. The second-order valence-electron chi connectivity index (χ2n) is 4.90. The highest BCUT2D eigenvalue weighted by molar-refractivity contribution is 8.26. The molecule has 2 aromatic rings. The lowest BCUT2D eigenvalue weighted by Gasteiger charge is -2.09. The molecular formula is C17H14N2O3S2. The van der Waals surface area contributed by atoms with Crippen molar-refractivity contribution >= 4 is 40.3 Å². The van der Waals surface area contributed by atoms with E-state index >= 15 is 0 Å². The summed E-state index contributed by atoms with van der Waals surface area (Å²) in [5.41, 5.74) is 2.56. The Morgan fingerprint density at radius 1 is 1.17 bits per heavy atom. The van der Waals surface area contributed by atoms with Crippen LogP contribution >= 0.6 is 24.0 Å². The maximum absolute atomic E-state index is 11.7. The number of thioether (sulfide) groups is 1. The summed E-state index contributed by atoms with van der Waals surface area (Å²) in [4.78, 5) is 16.7. The number of hydrogen-bond acceptors (Lipinski definition) is 6. The van der Waals surface area contributed by atoms with Crippen LogP contribution in [0.15, 0.2) is 41.4 Å². The number of nitrogens with one attached hydrogen (secondary N) is 1. The highest BCUT2D eigenvalue weighted by Crippen LogP contribution is 2.32. The predicted octanol–water partition coefficient (Wildman–Crippen LogP) is 3.25. The van der Waals surface area contributed by atoms with Crippen LogP contribution in [0.1, 0.15) is 5.56 Å². The zero-order valence-corrected chi connectivity index (χ0v) is 14.7. The van der Waals surface area contributed by atoms with Crippen LogP contribution in [0.5, 0.6) is 11.5 Å². The summed E-state index contributed by atoms with van der Waals surface area (Å²) in [5, 5.41) is 2.59. The summed E-state index contributed by atoms with van der Waals surface area (Å²) in [6.45, 7) is 0. The molecule has 1 aromatic heterocycles. The minimum atomic E-state index is -0.172. The molecule has 0 radical (unpaired) electrons. The minimum absolute atomic E-state index is 0.172. The Bertz CT molecular complexity index is 832. The third-order valence-electron chi connectivity index (χ3n) is 3.41. The second kappa shape index (κ2) is 7.02. The van der Waals surface area contributed by atoms with Crippen LogP contribution in [-0.2, 0) is 4.79 Å². The summed E-state index contributed by atoms with van der Waals surface area (Å²) in [7, 11) is 3.19. The van der Waals surface area contributed by atoms with Crippen molar-refractivity contribution in [3.8, 4) is 22.8 Å². The lowest BCUT2D eigenvalue weighted by Crippen LogP contribution is -2.17. The van der Waals surface area contributed by atoms with Crippen molar-refractivity contribution in [1.82, 2.24) is 10.3 Å². The van der Waals surface area contributed by atoms with E-state index in [0.29, 0.717) is 20.7 Å². The Labute approximate surface area is 149 Å². The minimum Gasteiger partial charge on any atom is -0.493 e. The van der Waals surface area contributed by atoms with Crippen LogP contribution in [0.25, 0.3) is 17.3 Å². The zero-order chi connectivity index (χ0) is 17.1. The van der Waals surface area contributed by atoms with Gasteiger partial charge in [-0.25, -0.2) is 0 Å². The Hall–Kier alpha value is -2.38. The number of pyridine rings is 1. The number of ether oxygens (including phenoxy) is 2. The number of thiocarbonyl (C=S) groups is 1. The molecule has 5 nitrogen and oxygen atoms in total. The van der Waals surface area contributed by atoms with E-state index in [1.165, 1.54) is 11.8 Å². The highest BCUT2D eigenvalue weighted by atomic mass is 32.2. The molecular weight excluding hydrogens is 344 g/mol. The average Bonchev–Trinajstić information content (AvgIpc) is 2.92. The number of carbonyl (C=O) groups excluding carboxylic acids is 1. The molecule has 0 unspecified atom stereocenters. The third kappa shape index (κ3) is 3.42. The van der Waals surface area contributed by atoms with E-state index in [9.17, 15) is 4.79 Å². The molecule has 0 bridgehead atoms. The van der Waals surface area contributed by atoms with E-state index in [-0.39, 0.29) is 5.91 Å². The molecule has 0 aliphatic carbocycles. The molecule has 1 saturated heterocycles. The molecule has 1 aromatic carbocycles. The first-order chi connectivity index (χ1) is 11.6. The fourth-order valence-corrected chi connectivity index (χ4v) is 3.27. The molecule has 7 heteroatoms. The maximum atomic E-state index is 11.7. The van der Waals surface area contributed by atoms with Gasteiger partial charge in [0.25, 0.3) is 5.91 Å². The topological polar surface area (TPSA) is 60.5 Å². The van der Waals surface area contributed by atoms with E-state index in [0.717, 1.165) is 16.8 Å². The van der Waals surface area contributed by atoms with Gasteiger partial charge in [-0.3, -0.25) is 9.78 Å². The Balaban J connectivity index is 1.86. The summed E-state index contributed by atoms with van der Waals surface area (Å²) in [5.74, 6) is 1.15. The number of rotatable bonds is 4. The largest absolute Gasteiger partial charge is 0.493 e. The monoisotopic (exact) mass is 358 g/mol. The standard InChI is InChI=1S/C17H14N2O3S2/c1-21-13-6-4-11(8-14(13)22-2)12-5-3-10(9-18-12)7-15-16(20)19-17(23)24-15/h3-9H,1-2H3,(H,19,20,23)/b15-7-. The number of carbonyl (C=O) groups is 1. The summed E-state index contributed by atoms with van der Waals surface area (Å²) >= 11 is 6.22. The van der Waals surface area contributed by atoms with Crippen LogP contribution in [0.2, 0.25) is 0 Å². The fraction of sp³-hybridized carbons (Fsp3) is 0.118. The first-order valence-electron chi connectivity index (χ1n) is 7.04. The van der Waals surface area contributed by atoms with Crippen LogP contribution in [-0.4, -0.2) is 29.4 Å². The van der Waals surface area contributed by atoms with E-state index in [4.69, 9.17) is 21.7 Å². The van der Waals surface area contributed by atoms with E-state index in [2.05, 4.69) is 10.3 Å². The summed E-state index contributed by atoms with van der Waals surface area (Å²) in [6.07, 6.45) is 3.49. The fourth-order valence-electron chi connectivity index (χ4n) is 2.23. The van der Waals surface area contributed by atoms with Crippen molar-refractivity contribution < 1.29 is 14.3 Å². The quantitative estimate of drug-likeness (QED) is 0.669. The molecule has 24 heavy (non-hydrogen) atoms. The lowest BCUT2D eigenvalue weighted by molar-refractivity contribution is -0.115. The molecule has 1 fully saturated rings. The third-order valence-corrected chi connectivity index (χ3v) is 4.57. The number of methoxy groups -OCH3 is 2. The van der Waals surface area contributed by atoms with E-state index in [1.807, 2.05) is 30.3 Å². The van der Waals surface area contributed by atoms with Crippen LogP contribution in [0.4, 0.5) is 0 Å². The van der Waals surface area contributed by atoms with Crippen LogP contribution in [0.3, 0.4) is 0 Å². The number of benzene rings is 1. The summed E-state index contributed by atoms with van der Waals surface area (Å²) < 4.78 is 11.0. The van der Waals surface area contributed by atoms with Gasteiger partial charge < -0.3 is 14.8 Å². The van der Waals surface area contributed by atoms with Crippen molar-refractivity contribution in [2.45, 2.75) is 0 Å². The van der Waals surface area contributed by atoms with Crippen molar-refractivity contribution in [3.05, 3.63) is 47.0 Å². The van der Waals surface area contributed by atoms with E-state index in [1.54, 1.807) is 26.5 Å². The Morgan fingerprint density at radius 3 is 2.54 bits per heavy atom. The molecule has 1 aliphatic rings. The normalized spacial score (nSPS) is 15.5. The predicted molar refractivity (Wildman–Crippen MR) is 99.1 cm³/mol. The summed E-state index contributed by atoms with van der Waals surface area (Å²) in [6, 6.07) is 9.43. The van der Waals surface area contributed by atoms with Crippen molar-refractivity contribution in [2.75, 3.05) is 14.2 Å².